The van der Waals surface area contributed by atoms with Gasteiger partial charge in [0.1, 0.15) is 26.2 Å². The SMILES string of the molecule is CC(=O)CC(C)=O.CN(C)C(=S)SSC(=S)N(C)C.C[N+](C)(C)C.C[N+](C)(C)C.O=C([O-])C(F)(F)F.O=C([S-])c1ccccc1. The Labute approximate surface area is 291 Å². The number of quaternary nitrogens is 2. The molecule has 0 N–H and O–H groups in total. The molecule has 1 rings (SSSR count). The summed E-state index contributed by atoms with van der Waals surface area (Å²) in [6.45, 7) is 2.81. The summed E-state index contributed by atoms with van der Waals surface area (Å²) < 4.78 is 35.2. The van der Waals surface area contributed by atoms with Gasteiger partial charge in [0.05, 0.1) is 62.8 Å². The lowest BCUT2D eigenvalue weighted by Gasteiger charge is -2.15. The fourth-order valence-electron chi connectivity index (χ4n) is 1.15. The van der Waals surface area contributed by atoms with Crippen LogP contribution in [0, 0.1) is 0 Å². The van der Waals surface area contributed by atoms with E-state index in [-0.39, 0.29) is 23.1 Å². The number of hydrogen-bond acceptors (Lipinski definition) is 10. The normalized spacial score (nSPS) is 9.98. The highest BCUT2D eigenvalue weighted by Gasteiger charge is 2.28. The van der Waals surface area contributed by atoms with Gasteiger partial charge in [0.2, 0.25) is 0 Å². The fourth-order valence-corrected chi connectivity index (χ4v) is 3.66. The second-order valence-electron chi connectivity index (χ2n) is 11.9. The minimum Gasteiger partial charge on any atom is -0.737 e. The van der Waals surface area contributed by atoms with Crippen molar-refractivity contribution in [2.75, 3.05) is 84.6 Å². The molecular weight excluding hydrogens is 690 g/mol. The molecule has 0 saturated carbocycles. The van der Waals surface area contributed by atoms with Gasteiger partial charge in [0.25, 0.3) is 0 Å². The molecule has 0 amide bonds. The van der Waals surface area contributed by atoms with Crippen molar-refractivity contribution in [1.82, 2.24) is 9.80 Å². The summed E-state index contributed by atoms with van der Waals surface area (Å²) in [6, 6.07) is 8.84. The molecule has 0 aliphatic rings. The van der Waals surface area contributed by atoms with E-state index in [1.807, 2.05) is 44.1 Å². The molecule has 0 radical (unpaired) electrons. The Morgan fingerprint density at radius 2 is 1.00 bits per heavy atom. The number of carboxylic acids is 1. The third-order valence-electron chi connectivity index (χ3n) is 2.65. The molecule has 0 fully saturated rings. The van der Waals surface area contributed by atoms with Crippen molar-refractivity contribution in [3.63, 3.8) is 0 Å². The summed E-state index contributed by atoms with van der Waals surface area (Å²) in [4.78, 5) is 43.1. The third-order valence-corrected chi connectivity index (χ3v) is 7.05. The van der Waals surface area contributed by atoms with Crippen LogP contribution in [-0.4, -0.2) is 141 Å². The molecule has 0 unspecified atom stereocenters. The minimum atomic E-state index is -5.19. The van der Waals surface area contributed by atoms with Gasteiger partial charge in [-0.2, -0.15) is 13.2 Å². The van der Waals surface area contributed by atoms with Crippen LogP contribution in [0.15, 0.2) is 30.3 Å². The van der Waals surface area contributed by atoms with Crippen LogP contribution < -0.4 is 5.11 Å². The van der Waals surface area contributed by atoms with E-state index in [0.29, 0.717) is 5.56 Å². The number of carboxylic acid groups (broad SMARTS) is 1. The van der Waals surface area contributed by atoms with Gasteiger partial charge in [-0.1, -0.05) is 54.8 Å². The van der Waals surface area contributed by atoms with Crippen molar-refractivity contribution in [3.05, 3.63) is 35.9 Å². The van der Waals surface area contributed by atoms with Gasteiger partial charge in [0, 0.05) is 33.3 Å². The van der Waals surface area contributed by atoms with Crippen LogP contribution >= 0.6 is 46.0 Å². The summed E-state index contributed by atoms with van der Waals surface area (Å²) in [5.74, 6) is -3.13. The molecule has 9 nitrogen and oxygen atoms in total. The van der Waals surface area contributed by atoms with E-state index in [1.165, 1.54) is 35.4 Å². The van der Waals surface area contributed by atoms with E-state index in [2.05, 4.69) is 69.0 Å². The summed E-state index contributed by atoms with van der Waals surface area (Å²) >= 11 is 14.6. The number of hydrogen-bond donors (Lipinski definition) is 0. The van der Waals surface area contributed by atoms with Crippen molar-refractivity contribution in [3.8, 4) is 0 Å². The number of Topliss-reactive ketones (excluding diaryl/α,β-unsaturated/α-hetero) is 2. The van der Waals surface area contributed by atoms with E-state index >= 15 is 0 Å². The van der Waals surface area contributed by atoms with Gasteiger partial charge in [-0.15, -0.1) is 0 Å². The number of nitrogens with zero attached hydrogens (tertiary/aromatic N) is 4. The molecule has 0 spiro atoms. The van der Waals surface area contributed by atoms with E-state index in [9.17, 15) is 27.6 Å². The number of thiocarbonyl (C=S) groups is 2. The van der Waals surface area contributed by atoms with E-state index < -0.39 is 12.1 Å². The highest BCUT2D eigenvalue weighted by atomic mass is 33.1. The van der Waals surface area contributed by atoms with Crippen LogP contribution in [0.1, 0.15) is 30.6 Å². The average Bonchev–Trinajstić information content (AvgIpc) is 2.80. The lowest BCUT2D eigenvalue weighted by molar-refractivity contribution is -0.849. The van der Waals surface area contributed by atoms with Gasteiger partial charge in [0.15, 0.2) is 0 Å². The van der Waals surface area contributed by atoms with Crippen LogP contribution in [0.5, 0.6) is 0 Å². The smallest absolute Gasteiger partial charge is 0.430 e. The van der Waals surface area contributed by atoms with Crippen LogP contribution in [0.3, 0.4) is 0 Å². The summed E-state index contributed by atoms with van der Waals surface area (Å²) in [5.41, 5.74) is 0.590. The number of carbonyl (C=O) groups excluding carboxylic acids is 4. The topological polar surface area (TPSA) is 97.8 Å². The van der Waals surface area contributed by atoms with Gasteiger partial charge >= 0.3 is 6.18 Å². The van der Waals surface area contributed by atoms with Crippen molar-refractivity contribution in [2.24, 2.45) is 0 Å². The highest BCUT2D eigenvalue weighted by molar-refractivity contribution is 8.89. The molecule has 0 atom stereocenters. The number of rotatable bonds is 3. The van der Waals surface area contributed by atoms with E-state index in [1.54, 1.807) is 24.3 Å². The number of ketones is 2. The van der Waals surface area contributed by atoms with E-state index in [0.717, 1.165) is 17.6 Å². The summed E-state index contributed by atoms with van der Waals surface area (Å²) in [7, 11) is 27.7. The molecule has 0 heterocycles. The zero-order valence-corrected chi connectivity index (χ0v) is 32.7. The second-order valence-corrected chi connectivity index (χ2v) is 15.6. The zero-order valence-electron chi connectivity index (χ0n) is 28.6. The van der Waals surface area contributed by atoms with Gasteiger partial charge in [-0.3, -0.25) is 9.59 Å². The quantitative estimate of drug-likeness (QED) is 0.148. The molecule has 1 aromatic carbocycles. The fraction of sp³-hybridized carbons (Fsp3) is 0.571. The molecule has 17 heteroatoms. The number of aliphatic carboxylic acids is 1. The molecular formula is C28H49F3N4O5S5. The maximum atomic E-state index is 10.5. The number of halogens is 3. The Hall–Kier alpha value is -1.89. The minimum absolute atomic E-state index is 0.0625. The first-order chi connectivity index (χ1) is 19.8. The Balaban J connectivity index is -0.000000147. The first-order valence-corrected chi connectivity index (χ1v) is 16.1. The molecule has 45 heavy (non-hydrogen) atoms. The molecule has 0 aromatic heterocycles. The van der Waals surface area contributed by atoms with Crippen molar-refractivity contribution < 1.29 is 46.4 Å². The molecule has 0 aliphatic carbocycles. The lowest BCUT2D eigenvalue weighted by Crippen LogP contribution is -2.37. The van der Waals surface area contributed by atoms with Crippen molar-refractivity contribution in [1.29, 1.82) is 0 Å². The van der Waals surface area contributed by atoms with Crippen molar-refractivity contribution in [2.45, 2.75) is 26.4 Å². The van der Waals surface area contributed by atoms with Crippen LogP contribution in [-0.2, 0) is 27.0 Å². The predicted molar refractivity (Wildman–Crippen MR) is 191 cm³/mol. The number of benzene rings is 1. The van der Waals surface area contributed by atoms with Gasteiger partial charge in [-0.05, 0) is 41.0 Å². The zero-order chi connectivity index (χ0) is 37.4. The van der Waals surface area contributed by atoms with Crippen molar-refractivity contribution >= 4 is 89.9 Å². The molecule has 0 bridgehead atoms. The molecule has 0 aliphatic heterocycles. The van der Waals surface area contributed by atoms with Crippen LogP contribution in [0.4, 0.5) is 13.2 Å². The van der Waals surface area contributed by atoms with Gasteiger partial charge < -0.3 is 46.1 Å². The predicted octanol–water partition coefficient (Wildman–Crippen LogP) is 3.93. The maximum Gasteiger partial charge on any atom is 0.430 e. The third kappa shape index (κ3) is 61.8. The highest BCUT2D eigenvalue weighted by Crippen LogP contribution is 2.26. The molecule has 0 saturated heterocycles. The average molecular weight is 739 g/mol. The van der Waals surface area contributed by atoms with Crippen LogP contribution in [0.25, 0.3) is 0 Å². The van der Waals surface area contributed by atoms with Crippen LogP contribution in [0.2, 0.25) is 0 Å². The number of alkyl halides is 3. The summed E-state index contributed by atoms with van der Waals surface area (Å²) in [6.07, 6.45) is -5.11. The second kappa shape index (κ2) is 27.2. The molecule has 262 valence electrons. The standard InChI is InChI=1S/C7H6OS.C6H12N2S4.C5H8O2.2C4H12N.C2HF3O2/c8-7(9)6-4-2-1-3-5-6;1-7(2)5(9)11-12-6(10)8(3)4;1-4(6)3-5(2)7;2*1-5(2,3)4;3-2(4,5)1(6)7/h1-5H,(H,8,9);1-4H3;3H2,1-2H3;2*1-4H3;(H,6,7)/q;;;2*+1;/p-2. The summed E-state index contributed by atoms with van der Waals surface area (Å²) in [5, 5.41) is 8.49. The Morgan fingerprint density at radius 1 is 0.756 bits per heavy atom. The lowest BCUT2D eigenvalue weighted by atomic mass is 10.2. The Kier molecular flexibility index (Phi) is 31.9. The number of carbonyl (C=O) groups is 4. The van der Waals surface area contributed by atoms with Gasteiger partial charge in [-0.25, -0.2) is 0 Å². The Morgan fingerprint density at radius 3 is 1.11 bits per heavy atom. The maximum absolute atomic E-state index is 10.5. The molecule has 1 aromatic rings. The first-order valence-electron chi connectivity index (χ1n) is 12.7. The largest absolute Gasteiger partial charge is 0.737 e. The monoisotopic (exact) mass is 738 g/mol. The first kappa shape index (κ1) is 52.6. The van der Waals surface area contributed by atoms with E-state index in [4.69, 9.17) is 34.3 Å². The Bertz CT molecular complexity index is 974.